The fourth-order valence-corrected chi connectivity index (χ4v) is 4.36. The van der Waals surface area contributed by atoms with Crippen molar-refractivity contribution in [2.24, 2.45) is 5.92 Å². The molecule has 0 spiro atoms. The number of anilines is 1. The molecular weight excluding hydrogens is 411 g/mol. The zero-order valence-corrected chi connectivity index (χ0v) is 17.8. The molecule has 2 amide bonds. The second kappa shape index (κ2) is 8.00. The van der Waals surface area contributed by atoms with Crippen LogP contribution in [-0.4, -0.2) is 27.1 Å². The maximum atomic E-state index is 12.5. The Bertz CT molecular complexity index is 935. The molecule has 2 aliphatic carbocycles. The highest BCUT2D eigenvalue weighted by molar-refractivity contribution is 6.39. The van der Waals surface area contributed by atoms with Gasteiger partial charge in [0.15, 0.2) is 0 Å². The highest BCUT2D eigenvalue weighted by atomic mass is 35.5. The molecule has 1 atom stereocenters. The quantitative estimate of drug-likeness (QED) is 0.662. The maximum absolute atomic E-state index is 12.5. The molecule has 1 aromatic carbocycles. The van der Waals surface area contributed by atoms with Crippen LogP contribution in [0.4, 0.5) is 5.69 Å². The summed E-state index contributed by atoms with van der Waals surface area (Å²) >= 11 is 12.3. The molecule has 2 aromatic rings. The number of nitrogens with zero attached hydrogens (tertiary/aromatic N) is 2. The Balaban J connectivity index is 1.37. The van der Waals surface area contributed by atoms with E-state index in [1.54, 1.807) is 24.5 Å². The van der Waals surface area contributed by atoms with Gasteiger partial charge in [0.25, 0.3) is 0 Å². The minimum Gasteiger partial charge on any atom is -0.342 e. The van der Waals surface area contributed by atoms with Gasteiger partial charge in [-0.05, 0) is 69.1 Å². The molecule has 1 unspecified atom stereocenters. The molecule has 1 aromatic heterocycles. The minimum absolute atomic E-state index is 0.303. The monoisotopic (exact) mass is 434 g/mol. The van der Waals surface area contributed by atoms with Gasteiger partial charge >= 0.3 is 11.8 Å². The first-order valence-electron chi connectivity index (χ1n) is 9.97. The first-order chi connectivity index (χ1) is 13.8. The van der Waals surface area contributed by atoms with Crippen molar-refractivity contribution in [3.63, 3.8) is 0 Å². The molecule has 4 rings (SSSR count). The molecule has 0 bridgehead atoms. The van der Waals surface area contributed by atoms with E-state index in [4.69, 9.17) is 23.2 Å². The molecule has 8 heteroatoms. The smallest absolute Gasteiger partial charge is 0.313 e. The van der Waals surface area contributed by atoms with Crippen LogP contribution >= 0.6 is 23.2 Å². The molecule has 2 N–H and O–H groups in total. The van der Waals surface area contributed by atoms with Crippen molar-refractivity contribution >= 4 is 40.7 Å². The summed E-state index contributed by atoms with van der Waals surface area (Å²) in [5.74, 6) is -0.671. The Kier molecular flexibility index (Phi) is 5.58. The number of amides is 2. The molecule has 2 aliphatic rings. The third kappa shape index (κ3) is 4.59. The number of carbonyl (C=O) groups excluding carboxylic acids is 2. The fourth-order valence-electron chi connectivity index (χ4n) is 3.88. The first kappa shape index (κ1) is 20.2. The molecule has 6 nitrogen and oxygen atoms in total. The lowest BCUT2D eigenvalue weighted by Crippen LogP contribution is -2.57. The standard InChI is InChI=1S/C21H24Cl2N4O2/c1-13(14-3-4-14)27-12-17(11-24-27)25-19(28)20(29)26-21(7-2-8-21)10-15-5-6-16(22)9-18(15)23/h5-6,9,11-14H,2-4,7-8,10H2,1H3,(H,25,28)(H,26,29). The number of aromatic nitrogens is 2. The van der Waals surface area contributed by atoms with Crippen LogP contribution < -0.4 is 10.6 Å². The molecule has 0 aliphatic heterocycles. The van der Waals surface area contributed by atoms with E-state index in [2.05, 4.69) is 22.7 Å². The lowest BCUT2D eigenvalue weighted by molar-refractivity contribution is -0.138. The van der Waals surface area contributed by atoms with E-state index in [9.17, 15) is 9.59 Å². The minimum atomic E-state index is -0.683. The van der Waals surface area contributed by atoms with E-state index in [-0.39, 0.29) is 0 Å². The highest BCUT2D eigenvalue weighted by Gasteiger charge is 2.40. The van der Waals surface area contributed by atoms with Crippen LogP contribution in [0.25, 0.3) is 0 Å². The number of rotatable bonds is 6. The Morgan fingerprint density at radius 3 is 2.66 bits per heavy atom. The molecule has 0 radical (unpaired) electrons. The molecule has 29 heavy (non-hydrogen) atoms. The second-order valence-corrected chi connectivity index (χ2v) is 9.09. The van der Waals surface area contributed by atoms with Crippen LogP contribution in [0.3, 0.4) is 0 Å². The molecule has 1 heterocycles. The SMILES string of the molecule is CC(C1CC1)n1cc(NC(=O)C(=O)NC2(Cc3ccc(Cl)cc3Cl)CCC2)cn1. The summed E-state index contributed by atoms with van der Waals surface area (Å²) in [6, 6.07) is 5.65. The molecule has 154 valence electrons. The van der Waals surface area contributed by atoms with Gasteiger partial charge in [-0.2, -0.15) is 5.10 Å². The Morgan fingerprint density at radius 1 is 1.28 bits per heavy atom. The maximum Gasteiger partial charge on any atom is 0.313 e. The Morgan fingerprint density at radius 2 is 2.03 bits per heavy atom. The number of halogens is 2. The molecule has 2 saturated carbocycles. The zero-order valence-electron chi connectivity index (χ0n) is 16.3. The average molecular weight is 435 g/mol. The van der Waals surface area contributed by atoms with Crippen molar-refractivity contribution in [2.45, 2.75) is 57.0 Å². The van der Waals surface area contributed by atoms with Crippen LogP contribution in [0.15, 0.2) is 30.6 Å². The van der Waals surface area contributed by atoms with Crippen LogP contribution in [0.2, 0.25) is 10.0 Å². The van der Waals surface area contributed by atoms with Crippen LogP contribution in [-0.2, 0) is 16.0 Å². The third-order valence-corrected chi connectivity index (χ3v) is 6.61. The van der Waals surface area contributed by atoms with E-state index in [0.717, 1.165) is 24.8 Å². The molecule has 0 saturated heterocycles. The van der Waals surface area contributed by atoms with Gasteiger partial charge in [-0.25, -0.2) is 0 Å². The van der Waals surface area contributed by atoms with Crippen molar-refractivity contribution in [1.29, 1.82) is 0 Å². The van der Waals surface area contributed by atoms with Gasteiger partial charge in [0, 0.05) is 21.8 Å². The summed E-state index contributed by atoms with van der Waals surface area (Å²) < 4.78 is 1.85. The molecule has 2 fully saturated rings. The first-order valence-corrected chi connectivity index (χ1v) is 10.7. The lowest BCUT2D eigenvalue weighted by Gasteiger charge is -2.42. The summed E-state index contributed by atoms with van der Waals surface area (Å²) in [6.07, 6.45) is 8.97. The number of hydrogen-bond acceptors (Lipinski definition) is 3. The van der Waals surface area contributed by atoms with E-state index in [0.29, 0.717) is 34.1 Å². The van der Waals surface area contributed by atoms with Gasteiger partial charge < -0.3 is 10.6 Å². The third-order valence-electron chi connectivity index (χ3n) is 6.02. The number of carbonyl (C=O) groups is 2. The fraction of sp³-hybridized carbons (Fsp3) is 0.476. The van der Waals surface area contributed by atoms with Gasteiger partial charge in [0.05, 0.1) is 17.9 Å². The Hall–Kier alpha value is -2.05. The summed E-state index contributed by atoms with van der Waals surface area (Å²) in [6.45, 7) is 2.12. The second-order valence-electron chi connectivity index (χ2n) is 8.24. The predicted octanol–water partition coefficient (Wildman–Crippen LogP) is 4.38. The van der Waals surface area contributed by atoms with Crippen LogP contribution in [0, 0.1) is 5.92 Å². The number of nitrogens with one attached hydrogen (secondary N) is 2. The van der Waals surface area contributed by atoms with Gasteiger partial charge in [0.1, 0.15) is 0 Å². The van der Waals surface area contributed by atoms with Gasteiger partial charge in [-0.15, -0.1) is 0 Å². The van der Waals surface area contributed by atoms with Gasteiger partial charge in [0.2, 0.25) is 0 Å². The summed E-state index contributed by atoms with van der Waals surface area (Å²) in [5, 5.41) is 11.0. The number of hydrogen-bond donors (Lipinski definition) is 2. The van der Waals surface area contributed by atoms with Crippen LogP contribution in [0.1, 0.15) is 50.6 Å². The normalized spacial score (nSPS) is 18.6. The summed E-state index contributed by atoms with van der Waals surface area (Å²) in [7, 11) is 0. The summed E-state index contributed by atoms with van der Waals surface area (Å²) in [4.78, 5) is 25.0. The largest absolute Gasteiger partial charge is 0.342 e. The molecular formula is C21H24Cl2N4O2. The number of benzene rings is 1. The van der Waals surface area contributed by atoms with E-state index in [1.807, 2.05) is 10.7 Å². The summed E-state index contributed by atoms with van der Waals surface area (Å²) in [5.41, 5.74) is 0.990. The van der Waals surface area contributed by atoms with E-state index in [1.165, 1.54) is 12.8 Å². The van der Waals surface area contributed by atoms with Crippen molar-refractivity contribution in [1.82, 2.24) is 15.1 Å². The van der Waals surface area contributed by atoms with Crippen LogP contribution in [0.5, 0.6) is 0 Å². The highest BCUT2D eigenvalue weighted by Crippen LogP contribution is 2.39. The Labute approximate surface area is 179 Å². The van der Waals surface area contributed by atoms with Crippen molar-refractivity contribution in [3.05, 3.63) is 46.2 Å². The van der Waals surface area contributed by atoms with Crippen molar-refractivity contribution in [2.75, 3.05) is 5.32 Å². The van der Waals surface area contributed by atoms with Gasteiger partial charge in [-0.3, -0.25) is 14.3 Å². The van der Waals surface area contributed by atoms with E-state index >= 15 is 0 Å². The topological polar surface area (TPSA) is 76.0 Å². The van der Waals surface area contributed by atoms with Crippen molar-refractivity contribution < 1.29 is 9.59 Å². The van der Waals surface area contributed by atoms with Crippen molar-refractivity contribution in [3.8, 4) is 0 Å². The lowest BCUT2D eigenvalue weighted by atomic mass is 9.72. The predicted molar refractivity (Wildman–Crippen MR) is 113 cm³/mol. The van der Waals surface area contributed by atoms with Gasteiger partial charge in [-0.1, -0.05) is 29.3 Å². The van der Waals surface area contributed by atoms with E-state index < -0.39 is 17.4 Å². The zero-order chi connectivity index (χ0) is 20.6. The average Bonchev–Trinajstić information content (AvgIpc) is 3.40.